The number of para-hydroxylation sites is 1. The van der Waals surface area contributed by atoms with Gasteiger partial charge in [0.15, 0.2) is 0 Å². The maximum absolute atomic E-state index is 12.8. The number of piperidine rings is 1. The molecule has 1 aromatic carbocycles. The van der Waals surface area contributed by atoms with Gasteiger partial charge >= 0.3 is 0 Å². The van der Waals surface area contributed by atoms with E-state index in [0.29, 0.717) is 19.6 Å². The molecule has 2 aliphatic heterocycles. The first kappa shape index (κ1) is 15.5. The SMILES string of the molecule is CCS(=O)(=O)N1CCC[C@@H](C(=O)N2CCc3ccccc32)C1. The number of rotatable bonds is 3. The van der Waals surface area contributed by atoms with Gasteiger partial charge in [0.1, 0.15) is 0 Å². The van der Waals surface area contributed by atoms with Crippen molar-refractivity contribution in [3.05, 3.63) is 29.8 Å². The van der Waals surface area contributed by atoms with Crippen LogP contribution in [-0.2, 0) is 21.2 Å². The predicted octanol–water partition coefficient (Wildman–Crippen LogP) is 1.64. The average Bonchev–Trinajstić information content (AvgIpc) is 2.98. The third-order valence-corrected chi connectivity index (χ3v) is 6.49. The van der Waals surface area contributed by atoms with Gasteiger partial charge in [0.05, 0.1) is 11.7 Å². The van der Waals surface area contributed by atoms with E-state index in [4.69, 9.17) is 0 Å². The average molecular weight is 322 g/mol. The smallest absolute Gasteiger partial charge is 0.231 e. The highest BCUT2D eigenvalue weighted by atomic mass is 32.2. The highest BCUT2D eigenvalue weighted by Crippen LogP contribution is 2.31. The van der Waals surface area contributed by atoms with E-state index in [9.17, 15) is 13.2 Å². The summed E-state index contributed by atoms with van der Waals surface area (Å²) in [7, 11) is -3.21. The molecule has 2 heterocycles. The minimum atomic E-state index is -3.21. The molecule has 5 nitrogen and oxygen atoms in total. The summed E-state index contributed by atoms with van der Waals surface area (Å²) in [5.41, 5.74) is 2.19. The third kappa shape index (κ3) is 2.77. The van der Waals surface area contributed by atoms with E-state index >= 15 is 0 Å². The molecule has 1 amide bonds. The minimum Gasteiger partial charge on any atom is -0.312 e. The Kier molecular flexibility index (Phi) is 4.23. The van der Waals surface area contributed by atoms with Gasteiger partial charge in [-0.1, -0.05) is 18.2 Å². The zero-order chi connectivity index (χ0) is 15.7. The molecule has 3 rings (SSSR count). The molecule has 0 N–H and O–H groups in total. The lowest BCUT2D eigenvalue weighted by Crippen LogP contribution is -2.46. The highest BCUT2D eigenvalue weighted by Gasteiger charge is 2.35. The summed E-state index contributed by atoms with van der Waals surface area (Å²) in [5, 5.41) is 0. The van der Waals surface area contributed by atoms with Gasteiger partial charge in [0.25, 0.3) is 0 Å². The van der Waals surface area contributed by atoms with Crippen molar-refractivity contribution in [1.29, 1.82) is 0 Å². The molecule has 0 aliphatic carbocycles. The predicted molar refractivity (Wildman–Crippen MR) is 86.3 cm³/mol. The quantitative estimate of drug-likeness (QED) is 0.850. The molecule has 120 valence electrons. The summed E-state index contributed by atoms with van der Waals surface area (Å²) in [6.45, 7) is 3.22. The fourth-order valence-corrected chi connectivity index (χ4v) is 4.55. The van der Waals surface area contributed by atoms with Gasteiger partial charge < -0.3 is 4.90 Å². The van der Waals surface area contributed by atoms with Crippen LogP contribution in [0.5, 0.6) is 0 Å². The second-order valence-electron chi connectivity index (χ2n) is 5.97. The maximum atomic E-state index is 12.8. The zero-order valence-corrected chi connectivity index (χ0v) is 13.7. The van der Waals surface area contributed by atoms with Gasteiger partial charge in [-0.2, -0.15) is 0 Å². The number of sulfonamides is 1. The van der Waals surface area contributed by atoms with Gasteiger partial charge in [-0.25, -0.2) is 12.7 Å². The zero-order valence-electron chi connectivity index (χ0n) is 12.9. The fourth-order valence-electron chi connectivity index (χ4n) is 3.37. The molecule has 0 bridgehead atoms. The standard InChI is InChI=1S/C16H22N2O3S/c1-2-22(20,21)17-10-5-7-14(12-17)16(19)18-11-9-13-6-3-4-8-15(13)18/h3-4,6,8,14H,2,5,7,9-12H2,1H3/t14-/m1/s1. The third-order valence-electron chi connectivity index (χ3n) is 4.64. The lowest BCUT2D eigenvalue weighted by molar-refractivity contribution is -0.123. The van der Waals surface area contributed by atoms with E-state index in [2.05, 4.69) is 6.07 Å². The van der Waals surface area contributed by atoms with Crippen molar-refractivity contribution in [3.63, 3.8) is 0 Å². The van der Waals surface area contributed by atoms with Gasteiger partial charge in [-0.3, -0.25) is 4.79 Å². The van der Waals surface area contributed by atoms with Crippen LogP contribution in [0.2, 0.25) is 0 Å². The van der Waals surface area contributed by atoms with Crippen LogP contribution in [0.4, 0.5) is 5.69 Å². The topological polar surface area (TPSA) is 57.7 Å². The van der Waals surface area contributed by atoms with Crippen LogP contribution in [0.3, 0.4) is 0 Å². The largest absolute Gasteiger partial charge is 0.312 e. The Hall–Kier alpha value is -1.40. The first-order valence-corrected chi connectivity index (χ1v) is 9.51. The second-order valence-corrected chi connectivity index (χ2v) is 8.22. The summed E-state index contributed by atoms with van der Waals surface area (Å²) in [6, 6.07) is 7.96. The number of anilines is 1. The number of amides is 1. The first-order valence-electron chi connectivity index (χ1n) is 7.90. The van der Waals surface area contributed by atoms with Crippen molar-refractivity contribution in [2.24, 2.45) is 5.92 Å². The fraction of sp³-hybridized carbons (Fsp3) is 0.562. The molecule has 0 spiro atoms. The maximum Gasteiger partial charge on any atom is 0.231 e. The number of carbonyl (C=O) groups is 1. The number of hydrogen-bond acceptors (Lipinski definition) is 3. The Bertz CT molecular complexity index is 672. The molecule has 0 aromatic heterocycles. The minimum absolute atomic E-state index is 0.0703. The van der Waals surface area contributed by atoms with Crippen LogP contribution >= 0.6 is 0 Å². The normalized spacial score (nSPS) is 22.6. The lowest BCUT2D eigenvalue weighted by atomic mass is 9.98. The Labute approximate surface area is 132 Å². The molecular formula is C16H22N2O3S. The molecule has 0 saturated carbocycles. The molecular weight excluding hydrogens is 300 g/mol. The molecule has 22 heavy (non-hydrogen) atoms. The monoisotopic (exact) mass is 322 g/mol. The van der Waals surface area contributed by atoms with Crippen molar-refractivity contribution in [3.8, 4) is 0 Å². The molecule has 0 radical (unpaired) electrons. The molecule has 1 saturated heterocycles. The molecule has 1 fully saturated rings. The first-order chi connectivity index (χ1) is 10.5. The number of fused-ring (bicyclic) bond motifs is 1. The van der Waals surface area contributed by atoms with E-state index < -0.39 is 10.0 Å². The Balaban J connectivity index is 1.76. The Morgan fingerprint density at radius 2 is 2.05 bits per heavy atom. The summed E-state index contributed by atoms with van der Waals surface area (Å²) < 4.78 is 25.6. The molecule has 1 aromatic rings. The van der Waals surface area contributed by atoms with Crippen molar-refractivity contribution >= 4 is 21.6 Å². The van der Waals surface area contributed by atoms with Gasteiger partial charge in [-0.05, 0) is 37.8 Å². The van der Waals surface area contributed by atoms with Crippen LogP contribution in [0, 0.1) is 5.92 Å². The van der Waals surface area contributed by atoms with Crippen LogP contribution < -0.4 is 4.90 Å². The summed E-state index contributed by atoms with van der Waals surface area (Å²) in [5.74, 6) is -0.0531. The molecule has 2 aliphatic rings. The van der Waals surface area contributed by atoms with Crippen molar-refractivity contribution in [2.45, 2.75) is 26.2 Å². The van der Waals surface area contributed by atoms with Crippen LogP contribution in [0.25, 0.3) is 0 Å². The van der Waals surface area contributed by atoms with Crippen LogP contribution in [-0.4, -0.2) is 44.0 Å². The second kappa shape index (κ2) is 6.01. The van der Waals surface area contributed by atoms with E-state index in [1.54, 1.807) is 6.92 Å². The van der Waals surface area contributed by atoms with Crippen LogP contribution in [0.15, 0.2) is 24.3 Å². The number of carbonyl (C=O) groups excluding carboxylic acids is 1. The van der Waals surface area contributed by atoms with Gasteiger partial charge in [0.2, 0.25) is 15.9 Å². The Morgan fingerprint density at radius 3 is 2.82 bits per heavy atom. The summed E-state index contributed by atoms with van der Waals surface area (Å²) in [6.07, 6.45) is 2.41. The molecule has 6 heteroatoms. The Morgan fingerprint density at radius 1 is 1.27 bits per heavy atom. The number of benzene rings is 1. The van der Waals surface area contributed by atoms with Crippen molar-refractivity contribution in [1.82, 2.24) is 4.31 Å². The number of hydrogen-bond donors (Lipinski definition) is 0. The van der Waals surface area contributed by atoms with Crippen molar-refractivity contribution in [2.75, 3.05) is 30.3 Å². The summed E-state index contributed by atoms with van der Waals surface area (Å²) in [4.78, 5) is 14.7. The summed E-state index contributed by atoms with van der Waals surface area (Å²) >= 11 is 0. The van der Waals surface area contributed by atoms with Gasteiger partial charge in [-0.15, -0.1) is 0 Å². The molecule has 0 unspecified atom stereocenters. The highest BCUT2D eigenvalue weighted by molar-refractivity contribution is 7.89. The molecule has 1 atom stereocenters. The number of nitrogens with zero attached hydrogens (tertiary/aromatic N) is 2. The lowest BCUT2D eigenvalue weighted by Gasteiger charge is -2.33. The van der Waals surface area contributed by atoms with E-state index in [0.717, 1.165) is 24.9 Å². The van der Waals surface area contributed by atoms with Crippen LogP contribution in [0.1, 0.15) is 25.3 Å². The van der Waals surface area contributed by atoms with Crippen molar-refractivity contribution < 1.29 is 13.2 Å². The van der Waals surface area contributed by atoms with E-state index in [1.807, 2.05) is 23.1 Å². The van der Waals surface area contributed by atoms with E-state index in [-0.39, 0.29) is 17.6 Å². The van der Waals surface area contributed by atoms with E-state index in [1.165, 1.54) is 9.87 Å². The van der Waals surface area contributed by atoms with Gasteiger partial charge in [0, 0.05) is 25.3 Å².